The van der Waals surface area contributed by atoms with E-state index in [4.69, 9.17) is 11.6 Å². The van der Waals surface area contributed by atoms with E-state index in [1.807, 2.05) is 42.5 Å². The van der Waals surface area contributed by atoms with Gasteiger partial charge in [0.05, 0.1) is 29.4 Å². The van der Waals surface area contributed by atoms with Crippen LogP contribution >= 0.6 is 0 Å². The molecule has 4 nitrogen and oxygen atoms in total. The van der Waals surface area contributed by atoms with Crippen molar-refractivity contribution >= 4 is 27.5 Å². The summed E-state index contributed by atoms with van der Waals surface area (Å²) in [6, 6.07) is 46.9. The Morgan fingerprint density at radius 2 is 1.32 bits per heavy atom. The van der Waals surface area contributed by atoms with E-state index in [1.165, 1.54) is 0 Å². The average Bonchev–Trinajstić information content (AvgIpc) is 3.38. The summed E-state index contributed by atoms with van der Waals surface area (Å²) in [4.78, 5) is 8.90. The Hall–Kier alpha value is -5.97. The van der Waals surface area contributed by atoms with E-state index in [1.54, 1.807) is 18.2 Å². The van der Waals surface area contributed by atoms with Crippen molar-refractivity contribution in [2.45, 2.75) is 0 Å². The van der Waals surface area contributed by atoms with Crippen LogP contribution in [0.4, 0.5) is 5.69 Å². The zero-order chi connectivity index (χ0) is 27.8. The van der Waals surface area contributed by atoms with Crippen molar-refractivity contribution in [3.63, 3.8) is 0 Å². The molecule has 0 aliphatic heterocycles. The Bertz CT molecular complexity index is 2070. The molecule has 0 aliphatic carbocycles. The maximum Gasteiger partial charge on any atom is 0.196 e. The molecule has 0 unspecified atom stereocenters. The van der Waals surface area contributed by atoms with E-state index in [0.29, 0.717) is 16.8 Å². The van der Waals surface area contributed by atoms with Gasteiger partial charge in [0.2, 0.25) is 0 Å². The van der Waals surface area contributed by atoms with Crippen LogP contribution in [0.15, 0.2) is 133 Å². The highest BCUT2D eigenvalue weighted by Crippen LogP contribution is 2.39. The molecule has 0 atom stereocenters. The van der Waals surface area contributed by atoms with E-state index in [9.17, 15) is 5.26 Å². The lowest BCUT2D eigenvalue weighted by molar-refractivity contribution is 1.08. The van der Waals surface area contributed by atoms with Crippen molar-refractivity contribution in [1.29, 1.82) is 5.26 Å². The van der Waals surface area contributed by atoms with Crippen LogP contribution in [0, 0.1) is 17.9 Å². The number of rotatable bonds is 4. The number of nitriles is 1. The quantitative estimate of drug-likeness (QED) is 0.216. The van der Waals surface area contributed by atoms with Gasteiger partial charge >= 0.3 is 0 Å². The van der Waals surface area contributed by atoms with Crippen molar-refractivity contribution in [2.24, 2.45) is 0 Å². The standard InChI is InChI=1S/C37H22N4/c1-39-32-17-10-15-28(24-38)37(32)27-19-20-35-31(21-27)30-16-8-9-18-34(30)41(35)36-23-29(25-11-4-2-5-12-25)22-33(40-36)26-13-6-3-7-14-26/h2-23H. The van der Waals surface area contributed by atoms with Crippen molar-refractivity contribution in [2.75, 3.05) is 0 Å². The van der Waals surface area contributed by atoms with Crippen LogP contribution in [-0.4, -0.2) is 9.55 Å². The zero-order valence-electron chi connectivity index (χ0n) is 22.0. The first-order chi connectivity index (χ1) is 20.2. The lowest BCUT2D eigenvalue weighted by atomic mass is 9.97. The molecule has 4 heteroatoms. The number of para-hydroxylation sites is 1. The topological polar surface area (TPSA) is 46.0 Å². The molecule has 0 spiro atoms. The first-order valence-electron chi connectivity index (χ1n) is 13.3. The summed E-state index contributed by atoms with van der Waals surface area (Å²) in [5, 5.41) is 11.9. The van der Waals surface area contributed by atoms with Crippen molar-refractivity contribution in [3.8, 4) is 45.4 Å². The Morgan fingerprint density at radius 3 is 2.07 bits per heavy atom. The Balaban J connectivity index is 1.52. The molecular weight excluding hydrogens is 500 g/mol. The first-order valence-corrected chi connectivity index (χ1v) is 13.3. The van der Waals surface area contributed by atoms with Crippen LogP contribution < -0.4 is 0 Å². The largest absolute Gasteiger partial charge is 0.294 e. The van der Waals surface area contributed by atoms with Crippen LogP contribution in [0.25, 0.3) is 66.0 Å². The van der Waals surface area contributed by atoms with Crippen LogP contribution in [0.3, 0.4) is 0 Å². The third-order valence-electron chi connectivity index (χ3n) is 7.46. The summed E-state index contributed by atoms with van der Waals surface area (Å²) in [7, 11) is 0. The molecule has 0 saturated heterocycles. The summed E-state index contributed by atoms with van der Waals surface area (Å²) < 4.78 is 2.21. The van der Waals surface area contributed by atoms with E-state index in [2.05, 4.69) is 88.3 Å². The molecule has 5 aromatic carbocycles. The number of nitrogens with zero attached hydrogens (tertiary/aromatic N) is 4. The maximum atomic E-state index is 9.81. The van der Waals surface area contributed by atoms with Crippen LogP contribution in [-0.2, 0) is 0 Å². The van der Waals surface area contributed by atoms with Gasteiger partial charge < -0.3 is 0 Å². The molecule has 0 bridgehead atoms. The molecule has 41 heavy (non-hydrogen) atoms. The summed E-state index contributed by atoms with van der Waals surface area (Å²) in [5.74, 6) is 0.823. The highest BCUT2D eigenvalue weighted by molar-refractivity contribution is 6.11. The van der Waals surface area contributed by atoms with Gasteiger partial charge in [0.1, 0.15) is 5.82 Å². The monoisotopic (exact) mass is 522 g/mol. The fourth-order valence-electron chi connectivity index (χ4n) is 5.59. The van der Waals surface area contributed by atoms with Gasteiger partial charge in [0.15, 0.2) is 5.69 Å². The van der Waals surface area contributed by atoms with E-state index in [0.717, 1.165) is 55.6 Å². The molecule has 0 amide bonds. The molecule has 7 aromatic rings. The minimum atomic E-state index is 0.469. The Kier molecular flexibility index (Phi) is 5.86. The average molecular weight is 523 g/mol. The SMILES string of the molecule is [C-]#[N+]c1cccc(C#N)c1-c1ccc2c(c1)c1ccccc1n2-c1cc(-c2ccccc2)cc(-c2ccccc2)n1. The lowest BCUT2D eigenvalue weighted by Crippen LogP contribution is -2.00. The minimum Gasteiger partial charge on any atom is -0.294 e. The second kappa shape index (κ2) is 9.97. The van der Waals surface area contributed by atoms with Gasteiger partial charge in [0.25, 0.3) is 0 Å². The van der Waals surface area contributed by atoms with Gasteiger partial charge in [-0.05, 0) is 53.1 Å². The highest BCUT2D eigenvalue weighted by Gasteiger charge is 2.18. The summed E-state index contributed by atoms with van der Waals surface area (Å²) >= 11 is 0. The highest BCUT2D eigenvalue weighted by atomic mass is 15.1. The maximum absolute atomic E-state index is 9.81. The molecule has 0 N–H and O–H groups in total. The molecule has 2 heterocycles. The van der Waals surface area contributed by atoms with Crippen molar-refractivity contribution < 1.29 is 0 Å². The second-order valence-electron chi connectivity index (χ2n) is 9.84. The molecule has 190 valence electrons. The van der Waals surface area contributed by atoms with Crippen molar-refractivity contribution in [1.82, 2.24) is 9.55 Å². The Labute approximate surface area is 237 Å². The number of hydrogen-bond acceptors (Lipinski definition) is 2. The lowest BCUT2D eigenvalue weighted by Gasteiger charge is -2.13. The molecule has 0 saturated carbocycles. The summed E-state index contributed by atoms with van der Waals surface area (Å²) in [6.45, 7) is 7.70. The van der Waals surface area contributed by atoms with E-state index >= 15 is 0 Å². The molecule has 0 fully saturated rings. The van der Waals surface area contributed by atoms with Crippen LogP contribution in [0.5, 0.6) is 0 Å². The predicted molar refractivity (Wildman–Crippen MR) is 166 cm³/mol. The normalized spacial score (nSPS) is 10.9. The number of hydrogen-bond donors (Lipinski definition) is 0. The zero-order valence-corrected chi connectivity index (χ0v) is 22.0. The van der Waals surface area contributed by atoms with Gasteiger partial charge in [-0.1, -0.05) is 97.1 Å². The van der Waals surface area contributed by atoms with E-state index < -0.39 is 0 Å². The molecule has 7 rings (SSSR count). The fourth-order valence-corrected chi connectivity index (χ4v) is 5.59. The molecular formula is C37H22N4. The fraction of sp³-hybridized carbons (Fsp3) is 0. The van der Waals surface area contributed by atoms with Gasteiger partial charge in [-0.3, -0.25) is 4.57 Å². The van der Waals surface area contributed by atoms with Crippen LogP contribution in [0.1, 0.15) is 5.56 Å². The second-order valence-corrected chi connectivity index (χ2v) is 9.84. The van der Waals surface area contributed by atoms with Gasteiger partial charge in [0, 0.05) is 27.5 Å². The molecule has 0 aliphatic rings. The number of aromatic nitrogens is 2. The van der Waals surface area contributed by atoms with Gasteiger partial charge in [-0.15, -0.1) is 0 Å². The van der Waals surface area contributed by atoms with Crippen LogP contribution in [0.2, 0.25) is 0 Å². The predicted octanol–water partition coefficient (Wildman–Crippen LogP) is 9.60. The molecule has 0 radical (unpaired) electrons. The van der Waals surface area contributed by atoms with E-state index in [-0.39, 0.29) is 0 Å². The summed E-state index contributed by atoms with van der Waals surface area (Å²) in [5.41, 5.74) is 8.67. The number of benzene rings is 5. The third kappa shape index (κ3) is 4.12. The number of fused-ring (bicyclic) bond motifs is 3. The Morgan fingerprint density at radius 1 is 0.610 bits per heavy atom. The minimum absolute atomic E-state index is 0.469. The summed E-state index contributed by atoms with van der Waals surface area (Å²) in [6.07, 6.45) is 0. The smallest absolute Gasteiger partial charge is 0.196 e. The van der Waals surface area contributed by atoms with Gasteiger partial charge in [-0.2, -0.15) is 5.26 Å². The first kappa shape index (κ1) is 24.1. The van der Waals surface area contributed by atoms with Gasteiger partial charge in [-0.25, -0.2) is 9.83 Å². The third-order valence-corrected chi connectivity index (χ3v) is 7.46. The van der Waals surface area contributed by atoms with Crippen molar-refractivity contribution in [3.05, 3.63) is 150 Å². The molecule has 2 aromatic heterocycles. The number of pyridine rings is 1.